The molecule has 0 N–H and O–H groups in total. The first-order valence-corrected chi connectivity index (χ1v) is 8.64. The predicted octanol–water partition coefficient (Wildman–Crippen LogP) is 0.346. The van der Waals surface area contributed by atoms with Gasteiger partial charge in [-0.05, 0) is 33.0 Å². The summed E-state index contributed by atoms with van der Waals surface area (Å²) in [6, 6.07) is 7.06. The number of piperazine rings is 1. The highest BCUT2D eigenvalue weighted by Gasteiger charge is 2.26. The fourth-order valence-electron chi connectivity index (χ4n) is 3.54. The van der Waals surface area contributed by atoms with Crippen molar-refractivity contribution in [2.75, 3.05) is 26.7 Å². The highest BCUT2D eigenvalue weighted by molar-refractivity contribution is 5.81. The van der Waals surface area contributed by atoms with Crippen molar-refractivity contribution in [3.05, 3.63) is 45.1 Å². The molecule has 0 saturated carbocycles. The van der Waals surface area contributed by atoms with E-state index in [0.29, 0.717) is 17.4 Å². The SMILES string of the molecule is CCn1c(=O)c2ccccc2n(CC(=O)N2CCN(C)C[C@H]2C)c1=O. The molecule has 0 spiro atoms. The van der Waals surface area contributed by atoms with Crippen LogP contribution in [0.2, 0.25) is 0 Å². The molecule has 2 heterocycles. The Morgan fingerprint density at radius 3 is 2.56 bits per heavy atom. The Morgan fingerprint density at radius 1 is 1.16 bits per heavy atom. The lowest BCUT2D eigenvalue weighted by Gasteiger charge is -2.38. The van der Waals surface area contributed by atoms with Crippen molar-refractivity contribution < 1.29 is 4.79 Å². The zero-order chi connectivity index (χ0) is 18.1. The van der Waals surface area contributed by atoms with Gasteiger partial charge in [-0.1, -0.05) is 12.1 Å². The number of para-hydroxylation sites is 1. The largest absolute Gasteiger partial charge is 0.336 e. The van der Waals surface area contributed by atoms with Gasteiger partial charge in [0.1, 0.15) is 6.54 Å². The number of carbonyl (C=O) groups is 1. The molecule has 134 valence electrons. The fraction of sp³-hybridized carbons (Fsp3) is 0.500. The maximum atomic E-state index is 12.8. The molecule has 0 radical (unpaired) electrons. The lowest BCUT2D eigenvalue weighted by molar-refractivity contribution is -0.136. The molecule has 1 aromatic heterocycles. The van der Waals surface area contributed by atoms with Crippen molar-refractivity contribution in [3.63, 3.8) is 0 Å². The maximum absolute atomic E-state index is 12.8. The van der Waals surface area contributed by atoms with Gasteiger partial charge in [0, 0.05) is 32.2 Å². The zero-order valence-corrected chi connectivity index (χ0v) is 14.9. The van der Waals surface area contributed by atoms with Crippen LogP contribution < -0.4 is 11.2 Å². The second-order valence-corrected chi connectivity index (χ2v) is 6.63. The summed E-state index contributed by atoms with van der Waals surface area (Å²) < 4.78 is 2.61. The van der Waals surface area contributed by atoms with Gasteiger partial charge in [0.05, 0.1) is 10.9 Å². The minimum atomic E-state index is -0.429. The quantitative estimate of drug-likeness (QED) is 0.806. The van der Waals surface area contributed by atoms with Crippen molar-refractivity contribution in [3.8, 4) is 0 Å². The maximum Gasteiger partial charge on any atom is 0.331 e. The van der Waals surface area contributed by atoms with E-state index in [1.54, 1.807) is 31.2 Å². The van der Waals surface area contributed by atoms with E-state index in [1.807, 2.05) is 18.9 Å². The third kappa shape index (κ3) is 3.11. The van der Waals surface area contributed by atoms with Crippen molar-refractivity contribution in [2.45, 2.75) is 33.0 Å². The van der Waals surface area contributed by atoms with Crippen molar-refractivity contribution in [1.82, 2.24) is 18.9 Å². The third-order valence-corrected chi connectivity index (χ3v) is 4.89. The van der Waals surface area contributed by atoms with Crippen LogP contribution in [0.25, 0.3) is 10.9 Å². The molecule has 7 heteroatoms. The Bertz CT molecular complexity index is 915. The van der Waals surface area contributed by atoms with E-state index < -0.39 is 5.69 Å². The topological polar surface area (TPSA) is 67.6 Å². The Kier molecular flexibility index (Phi) is 4.76. The predicted molar refractivity (Wildman–Crippen MR) is 96.8 cm³/mol. The summed E-state index contributed by atoms with van der Waals surface area (Å²) in [7, 11) is 2.04. The Hall–Kier alpha value is -2.41. The van der Waals surface area contributed by atoms with Gasteiger partial charge in [0.2, 0.25) is 5.91 Å². The van der Waals surface area contributed by atoms with E-state index in [-0.39, 0.29) is 30.6 Å². The summed E-state index contributed by atoms with van der Waals surface area (Å²) in [6.45, 7) is 6.29. The normalized spacial score (nSPS) is 18.7. The minimum Gasteiger partial charge on any atom is -0.336 e. The summed E-state index contributed by atoms with van der Waals surface area (Å²) in [4.78, 5) is 42.0. The van der Waals surface area contributed by atoms with E-state index >= 15 is 0 Å². The molecule has 3 rings (SSSR count). The van der Waals surface area contributed by atoms with Crippen LogP contribution in [0.1, 0.15) is 13.8 Å². The molecule has 0 bridgehead atoms. The number of fused-ring (bicyclic) bond motifs is 1. The second kappa shape index (κ2) is 6.84. The van der Waals surface area contributed by atoms with Crippen molar-refractivity contribution in [1.29, 1.82) is 0 Å². The van der Waals surface area contributed by atoms with Gasteiger partial charge in [-0.2, -0.15) is 0 Å². The summed E-state index contributed by atoms with van der Waals surface area (Å²) in [5.41, 5.74) is -0.224. The first-order chi connectivity index (χ1) is 11.9. The number of likely N-dealkylation sites (N-methyl/N-ethyl adjacent to an activating group) is 1. The smallest absolute Gasteiger partial charge is 0.331 e. The van der Waals surface area contributed by atoms with E-state index in [4.69, 9.17) is 0 Å². The van der Waals surface area contributed by atoms with Crippen molar-refractivity contribution >= 4 is 16.8 Å². The van der Waals surface area contributed by atoms with Crippen LogP contribution in [-0.2, 0) is 17.9 Å². The molecule has 1 fully saturated rings. The average Bonchev–Trinajstić information content (AvgIpc) is 2.59. The van der Waals surface area contributed by atoms with Gasteiger partial charge in [-0.3, -0.25) is 18.7 Å². The Morgan fingerprint density at radius 2 is 1.88 bits per heavy atom. The first-order valence-electron chi connectivity index (χ1n) is 8.64. The number of carbonyl (C=O) groups excluding carboxylic acids is 1. The van der Waals surface area contributed by atoms with Crippen LogP contribution in [-0.4, -0.2) is 57.6 Å². The lowest BCUT2D eigenvalue weighted by Crippen LogP contribution is -2.54. The molecule has 1 amide bonds. The van der Waals surface area contributed by atoms with E-state index in [0.717, 1.165) is 13.1 Å². The zero-order valence-electron chi connectivity index (χ0n) is 14.9. The molecular formula is C18H24N4O3. The lowest BCUT2D eigenvalue weighted by atomic mass is 10.2. The van der Waals surface area contributed by atoms with Crippen molar-refractivity contribution in [2.24, 2.45) is 0 Å². The van der Waals surface area contributed by atoms with Gasteiger partial charge < -0.3 is 9.80 Å². The van der Waals surface area contributed by atoms with Crippen LogP contribution in [0, 0.1) is 0 Å². The third-order valence-electron chi connectivity index (χ3n) is 4.89. The van der Waals surface area contributed by atoms with E-state index in [9.17, 15) is 14.4 Å². The molecule has 0 unspecified atom stereocenters. The molecule has 1 aliphatic rings. The van der Waals surface area contributed by atoms with Crippen LogP contribution >= 0.6 is 0 Å². The first kappa shape index (κ1) is 17.4. The molecule has 0 aliphatic carbocycles. The van der Waals surface area contributed by atoms with Gasteiger partial charge >= 0.3 is 5.69 Å². The number of amides is 1. The summed E-state index contributed by atoms with van der Waals surface area (Å²) in [5, 5.41) is 0.461. The van der Waals surface area contributed by atoms with Gasteiger partial charge in [0.15, 0.2) is 0 Å². The average molecular weight is 344 g/mol. The molecule has 1 aliphatic heterocycles. The molecule has 25 heavy (non-hydrogen) atoms. The van der Waals surface area contributed by atoms with Crippen LogP contribution in [0.4, 0.5) is 0 Å². The van der Waals surface area contributed by atoms with Gasteiger partial charge in [0.25, 0.3) is 5.56 Å². The highest BCUT2D eigenvalue weighted by atomic mass is 16.2. The molecule has 7 nitrogen and oxygen atoms in total. The number of rotatable bonds is 3. The van der Waals surface area contributed by atoms with E-state index in [2.05, 4.69) is 4.90 Å². The highest BCUT2D eigenvalue weighted by Crippen LogP contribution is 2.11. The fourth-order valence-corrected chi connectivity index (χ4v) is 3.54. The molecule has 1 saturated heterocycles. The Balaban J connectivity index is 2.03. The van der Waals surface area contributed by atoms with Gasteiger partial charge in [-0.25, -0.2) is 4.79 Å². The van der Waals surface area contributed by atoms with E-state index in [1.165, 1.54) is 9.13 Å². The number of hydrogen-bond donors (Lipinski definition) is 0. The minimum absolute atomic E-state index is 0.0479. The van der Waals surface area contributed by atoms with Crippen LogP contribution in [0.15, 0.2) is 33.9 Å². The number of hydrogen-bond acceptors (Lipinski definition) is 4. The standard InChI is InChI=1S/C18H24N4O3/c1-4-20-17(24)14-7-5-6-8-15(14)22(18(20)25)12-16(23)21-10-9-19(3)11-13(21)2/h5-8,13H,4,9-12H2,1-3H3/t13-/m1/s1. The monoisotopic (exact) mass is 344 g/mol. The second-order valence-electron chi connectivity index (χ2n) is 6.63. The molecular weight excluding hydrogens is 320 g/mol. The Labute approximate surface area is 146 Å². The molecule has 1 atom stereocenters. The number of benzene rings is 1. The van der Waals surface area contributed by atoms with Crippen LogP contribution in [0.3, 0.4) is 0 Å². The summed E-state index contributed by atoms with van der Waals surface area (Å²) in [6.07, 6.45) is 0. The van der Waals surface area contributed by atoms with Gasteiger partial charge in [-0.15, -0.1) is 0 Å². The summed E-state index contributed by atoms with van der Waals surface area (Å²) >= 11 is 0. The number of aromatic nitrogens is 2. The number of nitrogens with zero attached hydrogens (tertiary/aromatic N) is 4. The molecule has 1 aromatic carbocycles. The molecule has 2 aromatic rings. The summed E-state index contributed by atoms with van der Waals surface area (Å²) in [5.74, 6) is -0.0887. The van der Waals surface area contributed by atoms with Crippen LogP contribution in [0.5, 0.6) is 0 Å².